The van der Waals surface area contributed by atoms with Crippen molar-refractivity contribution < 1.29 is 0 Å². The van der Waals surface area contributed by atoms with E-state index in [0.717, 1.165) is 23.1 Å². The van der Waals surface area contributed by atoms with Gasteiger partial charge in [-0.2, -0.15) is 5.10 Å². The Hall–Kier alpha value is -2.56. The summed E-state index contributed by atoms with van der Waals surface area (Å²) < 4.78 is 3.86. The molecule has 2 aromatic heterocycles. The SMILES string of the molecule is CCn1nc(Cn2ccc(=O)c(N)c2)c2ccccc21. The molecule has 0 amide bonds. The average molecular weight is 268 g/mol. The zero-order chi connectivity index (χ0) is 14.1. The molecule has 0 fully saturated rings. The zero-order valence-corrected chi connectivity index (χ0v) is 11.3. The summed E-state index contributed by atoms with van der Waals surface area (Å²) in [5, 5.41) is 5.76. The molecule has 0 unspecified atom stereocenters. The van der Waals surface area contributed by atoms with E-state index in [1.54, 1.807) is 12.4 Å². The third-order valence-corrected chi connectivity index (χ3v) is 3.37. The molecular formula is C15H16N4O. The van der Waals surface area contributed by atoms with Crippen LogP contribution in [-0.4, -0.2) is 14.3 Å². The Morgan fingerprint density at radius 1 is 1.25 bits per heavy atom. The van der Waals surface area contributed by atoms with E-state index in [1.165, 1.54) is 6.07 Å². The first kappa shape index (κ1) is 12.5. The van der Waals surface area contributed by atoms with Crippen molar-refractivity contribution in [3.63, 3.8) is 0 Å². The summed E-state index contributed by atoms with van der Waals surface area (Å²) in [6.07, 6.45) is 3.39. The predicted octanol–water partition coefficient (Wildman–Crippen LogP) is 1.85. The van der Waals surface area contributed by atoms with Gasteiger partial charge in [-0.15, -0.1) is 0 Å². The maximum absolute atomic E-state index is 11.3. The average Bonchev–Trinajstić information content (AvgIpc) is 2.81. The van der Waals surface area contributed by atoms with Crippen molar-refractivity contribution in [2.45, 2.75) is 20.0 Å². The van der Waals surface area contributed by atoms with Crippen LogP contribution < -0.4 is 11.2 Å². The number of anilines is 1. The summed E-state index contributed by atoms with van der Waals surface area (Å²) >= 11 is 0. The minimum absolute atomic E-state index is 0.148. The lowest BCUT2D eigenvalue weighted by Crippen LogP contribution is -2.11. The number of rotatable bonds is 3. The van der Waals surface area contributed by atoms with E-state index in [4.69, 9.17) is 5.73 Å². The van der Waals surface area contributed by atoms with Crippen molar-refractivity contribution in [3.05, 3.63) is 58.6 Å². The molecular weight excluding hydrogens is 252 g/mol. The fourth-order valence-electron chi connectivity index (χ4n) is 2.37. The highest BCUT2D eigenvalue weighted by Crippen LogP contribution is 2.19. The number of fused-ring (bicyclic) bond motifs is 1. The number of para-hydroxylation sites is 1. The van der Waals surface area contributed by atoms with Gasteiger partial charge in [-0.05, 0) is 13.0 Å². The fourth-order valence-corrected chi connectivity index (χ4v) is 2.37. The lowest BCUT2D eigenvalue weighted by atomic mass is 10.2. The van der Waals surface area contributed by atoms with Crippen LogP contribution in [0.15, 0.2) is 47.5 Å². The quantitative estimate of drug-likeness (QED) is 0.788. The molecule has 0 atom stereocenters. The summed E-state index contributed by atoms with van der Waals surface area (Å²) in [4.78, 5) is 11.3. The first-order valence-corrected chi connectivity index (χ1v) is 6.59. The van der Waals surface area contributed by atoms with E-state index < -0.39 is 0 Å². The molecule has 3 rings (SSSR count). The smallest absolute Gasteiger partial charge is 0.204 e. The van der Waals surface area contributed by atoms with Gasteiger partial charge in [0.05, 0.1) is 23.4 Å². The molecule has 102 valence electrons. The topological polar surface area (TPSA) is 65.8 Å². The molecule has 2 heterocycles. The van der Waals surface area contributed by atoms with Crippen molar-refractivity contribution in [2.75, 3.05) is 5.73 Å². The van der Waals surface area contributed by atoms with Crippen molar-refractivity contribution >= 4 is 16.6 Å². The molecule has 0 aliphatic rings. The molecule has 5 heteroatoms. The molecule has 5 nitrogen and oxygen atoms in total. The number of hydrogen-bond acceptors (Lipinski definition) is 3. The summed E-state index contributed by atoms with van der Waals surface area (Å²) in [6, 6.07) is 9.63. The van der Waals surface area contributed by atoms with Crippen LogP contribution in [0, 0.1) is 0 Å². The molecule has 0 aliphatic heterocycles. The number of benzene rings is 1. The Morgan fingerprint density at radius 2 is 2.05 bits per heavy atom. The lowest BCUT2D eigenvalue weighted by Gasteiger charge is -2.05. The van der Waals surface area contributed by atoms with Crippen LogP contribution in [0.5, 0.6) is 0 Å². The minimum Gasteiger partial charge on any atom is -0.394 e. The number of hydrogen-bond donors (Lipinski definition) is 1. The third kappa shape index (κ3) is 2.07. The van der Waals surface area contributed by atoms with Gasteiger partial charge in [-0.25, -0.2) is 0 Å². The Bertz CT molecular complexity index is 816. The number of nitrogens with zero attached hydrogens (tertiary/aromatic N) is 3. The largest absolute Gasteiger partial charge is 0.394 e. The van der Waals surface area contributed by atoms with E-state index in [-0.39, 0.29) is 11.1 Å². The van der Waals surface area contributed by atoms with Gasteiger partial charge in [-0.3, -0.25) is 9.48 Å². The number of nitrogens with two attached hydrogens (primary N) is 1. The van der Waals surface area contributed by atoms with Crippen LogP contribution in [0.4, 0.5) is 5.69 Å². The summed E-state index contributed by atoms with van der Waals surface area (Å²) in [5.74, 6) is 0. The van der Waals surface area contributed by atoms with Crippen LogP contribution in [0.3, 0.4) is 0 Å². The second-order valence-corrected chi connectivity index (χ2v) is 4.72. The summed E-state index contributed by atoms with van der Waals surface area (Å²) in [7, 11) is 0. The number of pyridine rings is 1. The molecule has 20 heavy (non-hydrogen) atoms. The van der Waals surface area contributed by atoms with E-state index in [0.29, 0.717) is 6.54 Å². The van der Waals surface area contributed by atoms with Crippen molar-refractivity contribution in [1.82, 2.24) is 14.3 Å². The summed E-state index contributed by atoms with van der Waals surface area (Å²) in [5.41, 5.74) is 7.87. The van der Waals surface area contributed by atoms with Gasteiger partial charge in [0.15, 0.2) is 0 Å². The zero-order valence-electron chi connectivity index (χ0n) is 11.3. The van der Waals surface area contributed by atoms with Crippen LogP contribution >= 0.6 is 0 Å². The van der Waals surface area contributed by atoms with E-state index in [9.17, 15) is 4.79 Å². The molecule has 0 saturated carbocycles. The highest BCUT2D eigenvalue weighted by atomic mass is 16.1. The minimum atomic E-state index is -0.148. The van der Waals surface area contributed by atoms with Gasteiger partial charge < -0.3 is 10.3 Å². The van der Waals surface area contributed by atoms with Crippen molar-refractivity contribution in [3.8, 4) is 0 Å². The molecule has 0 bridgehead atoms. The van der Waals surface area contributed by atoms with Gasteiger partial charge in [0, 0.05) is 30.4 Å². The molecule has 0 radical (unpaired) electrons. The highest BCUT2D eigenvalue weighted by molar-refractivity contribution is 5.81. The molecule has 0 saturated heterocycles. The maximum Gasteiger partial charge on any atom is 0.204 e. The second kappa shape index (κ2) is 4.85. The van der Waals surface area contributed by atoms with Crippen LogP contribution in [0.25, 0.3) is 10.9 Å². The van der Waals surface area contributed by atoms with Gasteiger partial charge >= 0.3 is 0 Å². The van der Waals surface area contributed by atoms with Gasteiger partial charge in [-0.1, -0.05) is 18.2 Å². The van der Waals surface area contributed by atoms with E-state index in [1.807, 2.05) is 21.4 Å². The molecule has 2 N–H and O–H groups in total. The van der Waals surface area contributed by atoms with Crippen LogP contribution in [-0.2, 0) is 13.1 Å². The lowest BCUT2D eigenvalue weighted by molar-refractivity contribution is 0.653. The monoisotopic (exact) mass is 268 g/mol. The number of aromatic nitrogens is 3. The first-order valence-electron chi connectivity index (χ1n) is 6.59. The molecule has 3 aromatic rings. The van der Waals surface area contributed by atoms with E-state index in [2.05, 4.69) is 24.2 Å². The Labute approximate surface area is 116 Å². The van der Waals surface area contributed by atoms with Crippen molar-refractivity contribution in [1.29, 1.82) is 0 Å². The molecule has 0 aliphatic carbocycles. The normalized spacial score (nSPS) is 11.1. The van der Waals surface area contributed by atoms with Crippen molar-refractivity contribution in [2.24, 2.45) is 0 Å². The first-order chi connectivity index (χ1) is 9.69. The van der Waals surface area contributed by atoms with Gasteiger partial charge in [0.25, 0.3) is 0 Å². The van der Waals surface area contributed by atoms with Crippen LogP contribution in [0.2, 0.25) is 0 Å². The second-order valence-electron chi connectivity index (χ2n) is 4.72. The summed E-state index contributed by atoms with van der Waals surface area (Å²) in [6.45, 7) is 3.49. The Morgan fingerprint density at radius 3 is 2.80 bits per heavy atom. The molecule has 1 aromatic carbocycles. The highest BCUT2D eigenvalue weighted by Gasteiger charge is 2.09. The van der Waals surface area contributed by atoms with Gasteiger partial charge in [0.1, 0.15) is 0 Å². The van der Waals surface area contributed by atoms with E-state index >= 15 is 0 Å². The van der Waals surface area contributed by atoms with Gasteiger partial charge in [0.2, 0.25) is 5.43 Å². The maximum atomic E-state index is 11.3. The standard InChI is InChI=1S/C15H16N4O/c1-2-19-14-6-4-3-5-11(14)13(17-19)10-18-8-7-15(20)12(16)9-18/h3-9H,2,10,16H2,1H3. The fraction of sp³-hybridized carbons (Fsp3) is 0.200. The Kier molecular flexibility index (Phi) is 3.02. The Balaban J connectivity index is 2.06. The predicted molar refractivity (Wildman–Crippen MR) is 79.6 cm³/mol. The van der Waals surface area contributed by atoms with Crippen LogP contribution in [0.1, 0.15) is 12.6 Å². The molecule has 0 spiro atoms. The third-order valence-electron chi connectivity index (χ3n) is 3.37. The number of aryl methyl sites for hydroxylation is 1. The number of nitrogen functional groups attached to an aromatic ring is 1.